The van der Waals surface area contributed by atoms with E-state index >= 15 is 0 Å². The summed E-state index contributed by atoms with van der Waals surface area (Å²) in [6, 6.07) is 8.92. The smallest absolute Gasteiger partial charge is 0.191 e. The van der Waals surface area contributed by atoms with Gasteiger partial charge in [0.05, 0.1) is 6.61 Å². The van der Waals surface area contributed by atoms with Gasteiger partial charge in [-0.1, -0.05) is 38.1 Å². The number of rotatable bonds is 7. The predicted molar refractivity (Wildman–Crippen MR) is 105 cm³/mol. The molecule has 0 amide bonds. The molecule has 140 valence electrons. The molecule has 0 aliphatic carbocycles. The number of methoxy groups -OCH3 is 1. The Morgan fingerprint density at radius 3 is 2.36 bits per heavy atom. The Morgan fingerprint density at radius 1 is 1.12 bits per heavy atom. The molecule has 1 heterocycles. The number of hydrogen-bond donors (Lipinski definition) is 2. The van der Waals surface area contributed by atoms with E-state index in [-0.39, 0.29) is 0 Å². The van der Waals surface area contributed by atoms with Gasteiger partial charge in [0, 0.05) is 46.9 Å². The van der Waals surface area contributed by atoms with Crippen LogP contribution in [0.3, 0.4) is 0 Å². The molecule has 2 N–H and O–H groups in total. The van der Waals surface area contributed by atoms with E-state index < -0.39 is 0 Å². The number of nitrogens with one attached hydrogen (secondary N) is 2. The van der Waals surface area contributed by atoms with E-state index in [2.05, 4.69) is 58.6 Å². The monoisotopic (exact) mass is 346 g/mol. The van der Waals surface area contributed by atoms with Gasteiger partial charge < -0.3 is 15.4 Å². The second-order valence-corrected chi connectivity index (χ2v) is 7.30. The first-order valence-corrected chi connectivity index (χ1v) is 9.34. The van der Waals surface area contributed by atoms with Gasteiger partial charge in [0.1, 0.15) is 0 Å². The zero-order valence-corrected chi connectivity index (χ0v) is 16.2. The molecule has 1 saturated heterocycles. The summed E-state index contributed by atoms with van der Waals surface area (Å²) < 4.78 is 5.04. The van der Waals surface area contributed by atoms with Crippen LogP contribution in [0, 0.1) is 11.8 Å². The van der Waals surface area contributed by atoms with Gasteiger partial charge in [0.15, 0.2) is 5.96 Å². The normalized spacial score (nSPS) is 22.0. The molecule has 1 aromatic rings. The van der Waals surface area contributed by atoms with E-state index in [1.165, 1.54) is 30.6 Å². The lowest BCUT2D eigenvalue weighted by Gasteiger charge is -2.35. The number of nitrogens with zero attached hydrogens (tertiary/aromatic N) is 2. The molecule has 0 radical (unpaired) electrons. The fourth-order valence-electron chi connectivity index (χ4n) is 3.62. The summed E-state index contributed by atoms with van der Waals surface area (Å²) in [6.45, 7) is 10.4. The van der Waals surface area contributed by atoms with Crippen molar-refractivity contribution in [1.82, 2.24) is 15.5 Å². The van der Waals surface area contributed by atoms with Crippen molar-refractivity contribution in [1.29, 1.82) is 0 Å². The molecule has 1 aliphatic rings. The number of benzene rings is 1. The second-order valence-electron chi connectivity index (χ2n) is 7.30. The second kappa shape index (κ2) is 10.4. The predicted octanol–water partition coefficient (Wildman–Crippen LogP) is 2.48. The lowest BCUT2D eigenvalue weighted by Crippen LogP contribution is -2.38. The summed E-state index contributed by atoms with van der Waals surface area (Å²) in [5.74, 6) is 2.42. The zero-order valence-electron chi connectivity index (χ0n) is 16.2. The number of likely N-dealkylation sites (tertiary alicyclic amines) is 1. The van der Waals surface area contributed by atoms with Crippen LogP contribution in [-0.4, -0.2) is 51.3 Å². The van der Waals surface area contributed by atoms with Crippen LogP contribution in [0.5, 0.6) is 0 Å². The Kier molecular flexibility index (Phi) is 8.22. The van der Waals surface area contributed by atoms with Gasteiger partial charge in [0.2, 0.25) is 0 Å². The highest BCUT2D eigenvalue weighted by Gasteiger charge is 2.21. The Morgan fingerprint density at radius 2 is 1.76 bits per heavy atom. The third kappa shape index (κ3) is 7.04. The van der Waals surface area contributed by atoms with Crippen molar-refractivity contribution in [2.24, 2.45) is 16.8 Å². The molecular formula is C20H34N4O. The summed E-state index contributed by atoms with van der Waals surface area (Å²) in [7, 11) is 3.48. The fraction of sp³-hybridized carbons (Fsp3) is 0.650. The highest BCUT2D eigenvalue weighted by atomic mass is 16.5. The Balaban J connectivity index is 1.79. The van der Waals surface area contributed by atoms with Crippen molar-refractivity contribution in [3.05, 3.63) is 35.4 Å². The van der Waals surface area contributed by atoms with Crippen LogP contribution in [0.1, 0.15) is 31.4 Å². The van der Waals surface area contributed by atoms with E-state index in [1.54, 1.807) is 14.2 Å². The van der Waals surface area contributed by atoms with Crippen LogP contribution in [0.2, 0.25) is 0 Å². The standard InChI is InChI=1S/C20H34N4O/c1-16-11-17(2)14-24(13-16)15-19-7-5-18(6-8-19)12-23-20(21-3)22-9-10-25-4/h5-8,16-17H,9-15H2,1-4H3,(H2,21,22,23). The van der Waals surface area contributed by atoms with Crippen LogP contribution in [0.25, 0.3) is 0 Å². The van der Waals surface area contributed by atoms with E-state index in [4.69, 9.17) is 4.74 Å². The lowest BCUT2D eigenvalue weighted by molar-refractivity contribution is 0.134. The summed E-state index contributed by atoms with van der Waals surface area (Å²) >= 11 is 0. The number of guanidine groups is 1. The molecule has 2 atom stereocenters. The molecule has 0 bridgehead atoms. The minimum atomic E-state index is 0.670. The fourth-order valence-corrected chi connectivity index (χ4v) is 3.62. The topological polar surface area (TPSA) is 48.9 Å². The SMILES string of the molecule is CN=C(NCCOC)NCc1ccc(CN2CC(C)CC(C)C2)cc1. The van der Waals surface area contributed by atoms with Gasteiger partial charge in [-0.25, -0.2) is 0 Å². The molecule has 2 unspecified atom stereocenters. The largest absolute Gasteiger partial charge is 0.383 e. The first-order chi connectivity index (χ1) is 12.1. The van der Waals surface area contributed by atoms with Gasteiger partial charge in [-0.2, -0.15) is 0 Å². The van der Waals surface area contributed by atoms with Crippen molar-refractivity contribution < 1.29 is 4.74 Å². The van der Waals surface area contributed by atoms with E-state index in [1.807, 2.05) is 0 Å². The molecule has 2 rings (SSSR count). The molecule has 25 heavy (non-hydrogen) atoms. The van der Waals surface area contributed by atoms with Crippen LogP contribution in [0.15, 0.2) is 29.3 Å². The van der Waals surface area contributed by atoms with Crippen LogP contribution in [0.4, 0.5) is 0 Å². The maximum Gasteiger partial charge on any atom is 0.191 e. The highest BCUT2D eigenvalue weighted by molar-refractivity contribution is 5.79. The molecule has 0 spiro atoms. The highest BCUT2D eigenvalue weighted by Crippen LogP contribution is 2.22. The molecule has 5 heteroatoms. The van der Waals surface area contributed by atoms with Crippen molar-refractivity contribution in [3.8, 4) is 0 Å². The lowest BCUT2D eigenvalue weighted by atomic mass is 9.91. The third-order valence-electron chi connectivity index (χ3n) is 4.66. The quantitative estimate of drug-likeness (QED) is 0.452. The number of aliphatic imine (C=N–C) groups is 1. The molecule has 0 aromatic heterocycles. The Bertz CT molecular complexity index is 519. The molecule has 1 aromatic carbocycles. The number of hydrogen-bond acceptors (Lipinski definition) is 3. The van der Waals surface area contributed by atoms with Gasteiger partial charge >= 0.3 is 0 Å². The molecule has 5 nitrogen and oxygen atoms in total. The van der Waals surface area contributed by atoms with Gasteiger partial charge in [-0.05, 0) is 29.4 Å². The van der Waals surface area contributed by atoms with Crippen LogP contribution in [-0.2, 0) is 17.8 Å². The number of ether oxygens (including phenoxy) is 1. The van der Waals surface area contributed by atoms with Crippen LogP contribution >= 0.6 is 0 Å². The first kappa shape index (κ1) is 19.7. The summed E-state index contributed by atoms with van der Waals surface area (Å²) in [6.07, 6.45) is 1.36. The van der Waals surface area contributed by atoms with Gasteiger partial charge in [-0.15, -0.1) is 0 Å². The third-order valence-corrected chi connectivity index (χ3v) is 4.66. The van der Waals surface area contributed by atoms with Crippen molar-refractivity contribution in [2.75, 3.05) is 40.4 Å². The molecule has 0 saturated carbocycles. The summed E-state index contributed by atoms with van der Waals surface area (Å²) in [5.41, 5.74) is 2.66. The Hall–Kier alpha value is -1.59. The van der Waals surface area contributed by atoms with Gasteiger partial charge in [0.25, 0.3) is 0 Å². The molecule has 1 fully saturated rings. The minimum Gasteiger partial charge on any atom is -0.383 e. The van der Waals surface area contributed by atoms with Crippen molar-refractivity contribution in [2.45, 2.75) is 33.4 Å². The summed E-state index contributed by atoms with van der Waals surface area (Å²) in [5, 5.41) is 6.55. The number of piperidine rings is 1. The maximum atomic E-state index is 5.04. The molecule has 1 aliphatic heterocycles. The van der Waals surface area contributed by atoms with Gasteiger partial charge in [-0.3, -0.25) is 9.89 Å². The van der Waals surface area contributed by atoms with E-state index in [0.29, 0.717) is 6.61 Å². The van der Waals surface area contributed by atoms with Crippen molar-refractivity contribution in [3.63, 3.8) is 0 Å². The van der Waals surface area contributed by atoms with E-state index in [9.17, 15) is 0 Å². The maximum absolute atomic E-state index is 5.04. The Labute approximate surface area is 152 Å². The minimum absolute atomic E-state index is 0.670. The first-order valence-electron chi connectivity index (χ1n) is 9.34. The average molecular weight is 347 g/mol. The van der Waals surface area contributed by atoms with Crippen LogP contribution < -0.4 is 10.6 Å². The summed E-state index contributed by atoms with van der Waals surface area (Å²) in [4.78, 5) is 6.81. The molecular weight excluding hydrogens is 312 g/mol. The van der Waals surface area contributed by atoms with E-state index in [0.717, 1.165) is 37.4 Å². The van der Waals surface area contributed by atoms with Crippen molar-refractivity contribution >= 4 is 5.96 Å². The average Bonchev–Trinajstić information content (AvgIpc) is 2.58. The zero-order chi connectivity index (χ0) is 18.1.